The van der Waals surface area contributed by atoms with Gasteiger partial charge >= 0.3 is 0 Å². The van der Waals surface area contributed by atoms with Gasteiger partial charge in [-0.3, -0.25) is 4.90 Å². The Balaban J connectivity index is 1.78. The zero-order valence-corrected chi connectivity index (χ0v) is 10.6. The average molecular weight is 250 g/mol. The summed E-state index contributed by atoms with van der Waals surface area (Å²) in [5.41, 5.74) is 3.85. The van der Waals surface area contributed by atoms with Crippen LogP contribution in [0.15, 0.2) is 36.7 Å². The molecule has 19 heavy (non-hydrogen) atoms. The molecule has 1 aromatic carbocycles. The van der Waals surface area contributed by atoms with E-state index in [2.05, 4.69) is 45.2 Å². The maximum Gasteiger partial charge on any atom is 0.147 e. The van der Waals surface area contributed by atoms with Crippen LogP contribution in [0.3, 0.4) is 0 Å². The van der Waals surface area contributed by atoms with Gasteiger partial charge in [-0.2, -0.15) is 5.26 Å². The Morgan fingerprint density at radius 1 is 1.21 bits per heavy atom. The van der Waals surface area contributed by atoms with Gasteiger partial charge in [0, 0.05) is 25.2 Å². The zero-order valence-electron chi connectivity index (χ0n) is 10.6. The largest absolute Gasteiger partial charge is 0.293 e. The standard InChI is InChI=1S/C15H14N4/c16-8-14-13-6-7-19(10-15(13)18-11-17-14)9-12-4-2-1-3-5-12/h1-5,11H,6-7,9-10H2. The maximum absolute atomic E-state index is 9.04. The topological polar surface area (TPSA) is 52.8 Å². The molecular weight excluding hydrogens is 236 g/mol. The van der Waals surface area contributed by atoms with Gasteiger partial charge in [0.1, 0.15) is 18.1 Å². The number of hydrogen-bond donors (Lipinski definition) is 0. The monoisotopic (exact) mass is 250 g/mol. The van der Waals surface area contributed by atoms with Crippen LogP contribution >= 0.6 is 0 Å². The highest BCUT2D eigenvalue weighted by molar-refractivity contribution is 5.35. The van der Waals surface area contributed by atoms with Crippen molar-refractivity contribution in [1.29, 1.82) is 5.26 Å². The van der Waals surface area contributed by atoms with Crippen LogP contribution in [0.1, 0.15) is 22.5 Å². The van der Waals surface area contributed by atoms with E-state index in [0.717, 1.165) is 37.3 Å². The zero-order chi connectivity index (χ0) is 13.1. The van der Waals surface area contributed by atoms with Crippen LogP contribution < -0.4 is 0 Å². The molecule has 0 amide bonds. The molecule has 1 aromatic heterocycles. The molecule has 0 saturated heterocycles. The lowest BCUT2D eigenvalue weighted by Crippen LogP contribution is -2.31. The first-order valence-electron chi connectivity index (χ1n) is 6.36. The third-order valence-electron chi connectivity index (χ3n) is 3.44. The number of benzene rings is 1. The Kier molecular flexibility index (Phi) is 3.21. The van der Waals surface area contributed by atoms with E-state index in [1.807, 2.05) is 6.07 Å². The van der Waals surface area contributed by atoms with Crippen molar-refractivity contribution in [1.82, 2.24) is 14.9 Å². The highest BCUT2D eigenvalue weighted by Gasteiger charge is 2.20. The minimum atomic E-state index is 0.532. The van der Waals surface area contributed by atoms with Crippen molar-refractivity contribution >= 4 is 0 Å². The van der Waals surface area contributed by atoms with Gasteiger partial charge in [0.05, 0.1) is 5.69 Å². The van der Waals surface area contributed by atoms with Gasteiger partial charge in [0.15, 0.2) is 0 Å². The van der Waals surface area contributed by atoms with Crippen LogP contribution in [0.2, 0.25) is 0 Å². The summed E-state index contributed by atoms with van der Waals surface area (Å²) in [4.78, 5) is 10.7. The molecule has 4 heteroatoms. The van der Waals surface area contributed by atoms with Crippen LogP contribution in [-0.2, 0) is 19.5 Å². The van der Waals surface area contributed by atoms with Crippen molar-refractivity contribution in [2.45, 2.75) is 19.5 Å². The normalized spacial score (nSPS) is 14.7. The van der Waals surface area contributed by atoms with E-state index in [-0.39, 0.29) is 0 Å². The average Bonchev–Trinajstić information content (AvgIpc) is 2.47. The number of fused-ring (bicyclic) bond motifs is 1. The molecule has 0 N–H and O–H groups in total. The quantitative estimate of drug-likeness (QED) is 0.817. The lowest BCUT2D eigenvalue weighted by atomic mass is 10.0. The summed E-state index contributed by atoms with van der Waals surface area (Å²) >= 11 is 0. The number of rotatable bonds is 2. The Hall–Kier alpha value is -2.25. The molecule has 2 aromatic rings. The molecule has 1 aliphatic heterocycles. The van der Waals surface area contributed by atoms with Crippen LogP contribution in [-0.4, -0.2) is 21.4 Å². The first-order valence-corrected chi connectivity index (χ1v) is 6.36. The lowest BCUT2D eigenvalue weighted by molar-refractivity contribution is 0.241. The summed E-state index contributed by atoms with van der Waals surface area (Å²) in [6.45, 7) is 2.66. The molecule has 0 radical (unpaired) electrons. The minimum absolute atomic E-state index is 0.532. The molecule has 0 fully saturated rings. The van der Waals surface area contributed by atoms with Crippen molar-refractivity contribution in [3.05, 3.63) is 59.2 Å². The summed E-state index contributed by atoms with van der Waals surface area (Å²) in [5.74, 6) is 0. The van der Waals surface area contributed by atoms with E-state index in [1.165, 1.54) is 11.9 Å². The van der Waals surface area contributed by atoms with E-state index in [9.17, 15) is 0 Å². The predicted octanol–water partition coefficient (Wildman–Crippen LogP) is 1.91. The fraction of sp³-hybridized carbons (Fsp3) is 0.267. The summed E-state index contributed by atoms with van der Waals surface area (Å²) < 4.78 is 0. The second kappa shape index (κ2) is 5.17. The maximum atomic E-state index is 9.04. The highest BCUT2D eigenvalue weighted by atomic mass is 15.1. The molecule has 0 spiro atoms. The Morgan fingerprint density at radius 2 is 2.05 bits per heavy atom. The Labute approximate surface area is 112 Å². The molecule has 0 unspecified atom stereocenters. The Morgan fingerprint density at radius 3 is 2.84 bits per heavy atom. The van der Waals surface area contributed by atoms with Gasteiger partial charge < -0.3 is 0 Å². The van der Waals surface area contributed by atoms with E-state index in [1.54, 1.807) is 0 Å². The first kappa shape index (κ1) is 11.8. The van der Waals surface area contributed by atoms with Gasteiger partial charge in [-0.05, 0) is 12.0 Å². The van der Waals surface area contributed by atoms with Gasteiger partial charge in [-0.15, -0.1) is 0 Å². The van der Waals surface area contributed by atoms with Gasteiger partial charge in [0.2, 0.25) is 0 Å². The number of nitrogens with zero attached hydrogens (tertiary/aromatic N) is 4. The molecule has 0 bridgehead atoms. The van der Waals surface area contributed by atoms with E-state index in [0.29, 0.717) is 5.69 Å². The number of nitriles is 1. The van der Waals surface area contributed by atoms with Gasteiger partial charge in [-0.1, -0.05) is 30.3 Å². The predicted molar refractivity (Wildman–Crippen MR) is 71.0 cm³/mol. The smallest absolute Gasteiger partial charge is 0.147 e. The molecule has 0 saturated carbocycles. The highest BCUT2D eigenvalue weighted by Crippen LogP contribution is 2.20. The molecular formula is C15H14N4. The third kappa shape index (κ3) is 2.47. The molecule has 0 atom stereocenters. The molecule has 0 aliphatic carbocycles. The number of hydrogen-bond acceptors (Lipinski definition) is 4. The SMILES string of the molecule is N#Cc1ncnc2c1CCN(Cc1ccccc1)C2. The number of aromatic nitrogens is 2. The second-order valence-corrected chi connectivity index (χ2v) is 4.71. The van der Waals surface area contributed by atoms with Crippen molar-refractivity contribution < 1.29 is 0 Å². The molecule has 94 valence electrons. The summed E-state index contributed by atoms with van der Waals surface area (Å²) in [5, 5.41) is 9.04. The van der Waals surface area contributed by atoms with E-state index >= 15 is 0 Å². The first-order chi connectivity index (χ1) is 9.36. The molecule has 4 nitrogen and oxygen atoms in total. The van der Waals surface area contributed by atoms with Crippen molar-refractivity contribution in [3.8, 4) is 6.07 Å². The minimum Gasteiger partial charge on any atom is -0.293 e. The molecule has 2 heterocycles. The van der Waals surface area contributed by atoms with Gasteiger partial charge in [-0.25, -0.2) is 9.97 Å². The third-order valence-corrected chi connectivity index (χ3v) is 3.44. The lowest BCUT2D eigenvalue weighted by Gasteiger charge is -2.27. The second-order valence-electron chi connectivity index (χ2n) is 4.71. The van der Waals surface area contributed by atoms with Crippen LogP contribution in [0.25, 0.3) is 0 Å². The van der Waals surface area contributed by atoms with Crippen LogP contribution in [0.5, 0.6) is 0 Å². The molecule has 3 rings (SSSR count). The van der Waals surface area contributed by atoms with Crippen LogP contribution in [0, 0.1) is 11.3 Å². The fourth-order valence-electron chi connectivity index (χ4n) is 2.48. The van der Waals surface area contributed by atoms with E-state index in [4.69, 9.17) is 5.26 Å². The summed E-state index contributed by atoms with van der Waals surface area (Å²) in [6.07, 6.45) is 2.34. The molecule has 1 aliphatic rings. The van der Waals surface area contributed by atoms with Crippen molar-refractivity contribution in [2.75, 3.05) is 6.54 Å². The fourth-order valence-corrected chi connectivity index (χ4v) is 2.48. The van der Waals surface area contributed by atoms with E-state index < -0.39 is 0 Å². The van der Waals surface area contributed by atoms with Gasteiger partial charge in [0.25, 0.3) is 0 Å². The van der Waals surface area contributed by atoms with Crippen molar-refractivity contribution in [2.24, 2.45) is 0 Å². The Bertz CT molecular complexity index is 616. The van der Waals surface area contributed by atoms with Crippen molar-refractivity contribution in [3.63, 3.8) is 0 Å². The summed E-state index contributed by atoms with van der Waals surface area (Å²) in [7, 11) is 0. The van der Waals surface area contributed by atoms with Crippen LogP contribution in [0.4, 0.5) is 0 Å². The summed E-state index contributed by atoms with van der Waals surface area (Å²) in [6, 6.07) is 12.6.